The van der Waals surface area contributed by atoms with Crippen LogP contribution >= 0.6 is 0 Å². The van der Waals surface area contributed by atoms with Gasteiger partial charge in [0.1, 0.15) is 0 Å². The molecule has 2 rings (SSSR count). The molecule has 0 saturated carbocycles. The maximum Gasteiger partial charge on any atom is 0.416 e. The topological polar surface area (TPSA) is 63.4 Å². The number of hydrogen-bond donors (Lipinski definition) is 1. The van der Waals surface area contributed by atoms with Gasteiger partial charge in [0.15, 0.2) is 0 Å². The largest absolute Gasteiger partial charge is 0.416 e. The smallest absolute Gasteiger partial charge is 0.327 e. The summed E-state index contributed by atoms with van der Waals surface area (Å²) in [5.74, 6) is 0. The molecule has 0 bridgehead atoms. The van der Waals surface area contributed by atoms with Crippen LogP contribution in [-0.4, -0.2) is 31.9 Å². The first kappa shape index (κ1) is 17.2. The lowest BCUT2D eigenvalue weighted by Crippen LogP contribution is -2.53. The Morgan fingerprint density at radius 1 is 1.32 bits per heavy atom. The zero-order chi connectivity index (χ0) is 16.8. The van der Waals surface area contributed by atoms with Crippen molar-refractivity contribution in [3.05, 3.63) is 29.8 Å². The summed E-state index contributed by atoms with van der Waals surface area (Å²) in [4.78, 5) is -0.339. The lowest BCUT2D eigenvalue weighted by molar-refractivity contribution is -0.137. The highest BCUT2D eigenvalue weighted by atomic mass is 32.2. The Labute approximate surface area is 128 Å². The third-order valence-corrected chi connectivity index (χ3v) is 5.92. The molecular weight excluding hydrogens is 317 g/mol. The van der Waals surface area contributed by atoms with Crippen LogP contribution in [0.1, 0.15) is 25.8 Å². The van der Waals surface area contributed by atoms with Gasteiger partial charge in [-0.05, 0) is 30.0 Å². The van der Waals surface area contributed by atoms with Crippen LogP contribution in [0.3, 0.4) is 0 Å². The van der Waals surface area contributed by atoms with Gasteiger partial charge in [0.2, 0.25) is 10.0 Å². The third kappa shape index (κ3) is 3.28. The van der Waals surface area contributed by atoms with Crippen LogP contribution in [0.4, 0.5) is 13.2 Å². The molecule has 22 heavy (non-hydrogen) atoms. The molecule has 0 aliphatic carbocycles. The Kier molecular flexibility index (Phi) is 4.31. The minimum absolute atomic E-state index is 0.138. The van der Waals surface area contributed by atoms with Gasteiger partial charge in [0, 0.05) is 19.1 Å². The molecule has 4 nitrogen and oxygen atoms in total. The zero-order valence-corrected chi connectivity index (χ0v) is 13.2. The fraction of sp³-hybridized carbons (Fsp3) is 0.571. The second kappa shape index (κ2) is 5.50. The monoisotopic (exact) mass is 336 g/mol. The van der Waals surface area contributed by atoms with E-state index in [1.807, 2.05) is 13.8 Å². The fourth-order valence-electron chi connectivity index (χ4n) is 2.51. The van der Waals surface area contributed by atoms with Crippen molar-refractivity contribution in [2.24, 2.45) is 11.1 Å². The standard InChI is InChI=1S/C14H19F3N2O2S/c1-13(2)9-19(7-6-12(13)18)22(20,21)11-5-3-4-10(8-11)14(15,16)17/h3-5,8,12H,6-7,9,18H2,1-2H3. The highest BCUT2D eigenvalue weighted by Crippen LogP contribution is 2.34. The number of piperidine rings is 1. The van der Waals surface area contributed by atoms with Crippen molar-refractivity contribution in [2.75, 3.05) is 13.1 Å². The minimum atomic E-state index is -4.57. The van der Waals surface area contributed by atoms with E-state index in [0.717, 1.165) is 12.1 Å². The van der Waals surface area contributed by atoms with Gasteiger partial charge in [-0.3, -0.25) is 0 Å². The van der Waals surface area contributed by atoms with Crippen LogP contribution in [0.2, 0.25) is 0 Å². The first-order chi connectivity index (χ1) is 9.94. The maximum absolute atomic E-state index is 12.7. The minimum Gasteiger partial charge on any atom is -0.327 e. The van der Waals surface area contributed by atoms with E-state index < -0.39 is 27.2 Å². The molecule has 124 valence electrons. The third-order valence-electron chi connectivity index (χ3n) is 4.08. The maximum atomic E-state index is 12.7. The van der Waals surface area contributed by atoms with E-state index in [2.05, 4.69) is 0 Å². The first-order valence-corrected chi connectivity index (χ1v) is 8.31. The van der Waals surface area contributed by atoms with Gasteiger partial charge in [-0.1, -0.05) is 19.9 Å². The lowest BCUT2D eigenvalue weighted by Gasteiger charge is -2.41. The molecule has 1 aromatic carbocycles. The summed E-state index contributed by atoms with van der Waals surface area (Å²) in [5, 5.41) is 0. The van der Waals surface area contributed by atoms with E-state index in [1.54, 1.807) is 0 Å². The van der Waals surface area contributed by atoms with Crippen LogP contribution in [0.25, 0.3) is 0 Å². The van der Waals surface area contributed by atoms with Gasteiger partial charge in [-0.25, -0.2) is 8.42 Å². The summed E-state index contributed by atoms with van der Waals surface area (Å²) >= 11 is 0. The number of sulfonamides is 1. The first-order valence-electron chi connectivity index (χ1n) is 6.87. The van der Waals surface area contributed by atoms with E-state index in [9.17, 15) is 21.6 Å². The highest BCUT2D eigenvalue weighted by Gasteiger charge is 2.39. The quantitative estimate of drug-likeness (QED) is 0.902. The molecule has 0 amide bonds. The van der Waals surface area contributed by atoms with Gasteiger partial charge >= 0.3 is 6.18 Å². The summed E-state index contributed by atoms with van der Waals surface area (Å²) < 4.78 is 64.6. The fourth-order valence-corrected chi connectivity index (χ4v) is 4.18. The van der Waals surface area contributed by atoms with Crippen molar-refractivity contribution in [3.8, 4) is 0 Å². The molecule has 1 aliphatic rings. The van der Waals surface area contributed by atoms with Crippen LogP contribution < -0.4 is 5.73 Å². The average Bonchev–Trinajstić information content (AvgIpc) is 2.41. The van der Waals surface area contributed by atoms with Gasteiger partial charge < -0.3 is 5.73 Å². The Hall–Kier alpha value is -1.12. The Morgan fingerprint density at radius 3 is 2.50 bits per heavy atom. The van der Waals surface area contributed by atoms with Gasteiger partial charge in [0.05, 0.1) is 10.5 Å². The number of halogens is 3. The van der Waals surface area contributed by atoms with Gasteiger partial charge in [0.25, 0.3) is 0 Å². The van der Waals surface area contributed by atoms with Crippen LogP contribution in [0, 0.1) is 5.41 Å². The van der Waals surface area contributed by atoms with Crippen LogP contribution in [0.5, 0.6) is 0 Å². The van der Waals surface area contributed by atoms with E-state index in [1.165, 1.54) is 10.4 Å². The number of rotatable bonds is 2. The molecular formula is C14H19F3N2O2S. The summed E-state index contributed by atoms with van der Waals surface area (Å²) in [7, 11) is -3.96. The summed E-state index contributed by atoms with van der Waals surface area (Å²) in [6.45, 7) is 4.10. The second-order valence-corrected chi connectivity index (χ2v) is 8.19. The number of alkyl halides is 3. The van der Waals surface area contributed by atoms with Crippen LogP contribution in [-0.2, 0) is 16.2 Å². The summed E-state index contributed by atoms with van der Waals surface area (Å²) in [5.41, 5.74) is 4.57. The number of nitrogens with zero attached hydrogens (tertiary/aromatic N) is 1. The molecule has 1 heterocycles. The molecule has 1 unspecified atom stereocenters. The zero-order valence-electron chi connectivity index (χ0n) is 12.4. The van der Waals surface area contributed by atoms with Crippen molar-refractivity contribution in [2.45, 2.75) is 37.4 Å². The molecule has 8 heteroatoms. The van der Waals surface area contributed by atoms with E-state index in [-0.39, 0.29) is 24.0 Å². The second-order valence-electron chi connectivity index (χ2n) is 6.25. The molecule has 0 aromatic heterocycles. The predicted molar refractivity (Wildman–Crippen MR) is 76.6 cm³/mol. The van der Waals surface area contributed by atoms with Crippen molar-refractivity contribution >= 4 is 10.0 Å². The van der Waals surface area contributed by atoms with Crippen molar-refractivity contribution in [1.29, 1.82) is 0 Å². The normalized spacial score (nSPS) is 23.5. The molecule has 1 aromatic rings. The molecule has 1 atom stereocenters. The molecule has 1 saturated heterocycles. The van der Waals surface area contributed by atoms with E-state index in [0.29, 0.717) is 12.5 Å². The predicted octanol–water partition coefficient (Wildman–Crippen LogP) is 2.45. The molecule has 2 N–H and O–H groups in total. The van der Waals surface area contributed by atoms with Gasteiger partial charge in [-0.2, -0.15) is 17.5 Å². The molecule has 1 aliphatic heterocycles. The molecule has 0 spiro atoms. The summed E-state index contributed by atoms with van der Waals surface area (Å²) in [6.07, 6.45) is -4.10. The molecule has 0 radical (unpaired) electrons. The van der Waals surface area contributed by atoms with Gasteiger partial charge in [-0.15, -0.1) is 0 Å². The Morgan fingerprint density at radius 2 is 1.95 bits per heavy atom. The van der Waals surface area contributed by atoms with Crippen molar-refractivity contribution in [3.63, 3.8) is 0 Å². The van der Waals surface area contributed by atoms with Crippen LogP contribution in [0.15, 0.2) is 29.2 Å². The number of hydrogen-bond acceptors (Lipinski definition) is 3. The lowest BCUT2D eigenvalue weighted by atomic mass is 9.81. The Bertz CT molecular complexity index is 656. The van der Waals surface area contributed by atoms with E-state index in [4.69, 9.17) is 5.73 Å². The molecule has 1 fully saturated rings. The SMILES string of the molecule is CC1(C)CN(S(=O)(=O)c2cccc(C(F)(F)F)c2)CCC1N. The highest BCUT2D eigenvalue weighted by molar-refractivity contribution is 7.89. The average molecular weight is 336 g/mol. The number of nitrogens with two attached hydrogens (primary N) is 1. The van der Waals surface area contributed by atoms with Crippen molar-refractivity contribution in [1.82, 2.24) is 4.31 Å². The van der Waals surface area contributed by atoms with E-state index >= 15 is 0 Å². The Balaban J connectivity index is 2.36. The summed E-state index contributed by atoms with van der Waals surface area (Å²) in [6, 6.07) is 3.69. The number of benzene rings is 1. The van der Waals surface area contributed by atoms with Crippen molar-refractivity contribution < 1.29 is 21.6 Å².